The zero-order valence-electron chi connectivity index (χ0n) is 8.04. The highest BCUT2D eigenvalue weighted by Gasteiger charge is 2.33. The maximum atomic E-state index is 12.5. The van der Waals surface area contributed by atoms with E-state index in [9.17, 15) is 13.2 Å². The minimum Gasteiger partial charge on any atom is -0.380 e. The molecule has 1 nitrogen and oxygen atoms in total. The molecule has 88 valence electrons. The van der Waals surface area contributed by atoms with E-state index in [1.807, 2.05) is 0 Å². The lowest BCUT2D eigenvalue weighted by Gasteiger charge is -2.11. The first kappa shape index (κ1) is 13.2. The normalized spacial score (nSPS) is 11.3. The summed E-state index contributed by atoms with van der Waals surface area (Å²) in [6.07, 6.45) is -4.47. The molecule has 0 aliphatic heterocycles. The van der Waals surface area contributed by atoms with Gasteiger partial charge in [-0.1, -0.05) is 29.8 Å². The standard InChI is InChI=1S/C10H8Cl2F3N/c1-6(11)5-16-7-2-3-9(12)8(4-7)10(13,14)15/h2-4,16H,1,5H2. The maximum absolute atomic E-state index is 12.5. The quantitative estimate of drug-likeness (QED) is 0.851. The van der Waals surface area contributed by atoms with Gasteiger partial charge < -0.3 is 5.32 Å². The Morgan fingerprint density at radius 1 is 1.38 bits per heavy atom. The van der Waals surface area contributed by atoms with E-state index in [0.29, 0.717) is 10.7 Å². The van der Waals surface area contributed by atoms with E-state index in [2.05, 4.69) is 11.9 Å². The molecule has 0 spiro atoms. The fraction of sp³-hybridized carbons (Fsp3) is 0.200. The highest BCUT2D eigenvalue weighted by Crippen LogP contribution is 2.36. The minimum absolute atomic E-state index is 0.195. The lowest BCUT2D eigenvalue weighted by molar-refractivity contribution is -0.137. The second-order valence-corrected chi connectivity index (χ2v) is 4.00. The molecule has 1 N–H and O–H groups in total. The summed E-state index contributed by atoms with van der Waals surface area (Å²) < 4.78 is 37.4. The van der Waals surface area contributed by atoms with Crippen molar-refractivity contribution in [3.05, 3.63) is 40.4 Å². The summed E-state index contributed by atoms with van der Waals surface area (Å²) in [5.41, 5.74) is -0.585. The monoisotopic (exact) mass is 269 g/mol. The van der Waals surface area contributed by atoms with Crippen LogP contribution in [0.15, 0.2) is 29.8 Å². The smallest absolute Gasteiger partial charge is 0.380 e. The van der Waals surface area contributed by atoms with E-state index in [-0.39, 0.29) is 11.6 Å². The Morgan fingerprint density at radius 3 is 2.50 bits per heavy atom. The van der Waals surface area contributed by atoms with Crippen molar-refractivity contribution < 1.29 is 13.2 Å². The fourth-order valence-corrected chi connectivity index (χ4v) is 1.34. The number of hydrogen-bond donors (Lipinski definition) is 1. The summed E-state index contributed by atoms with van der Waals surface area (Å²) in [5, 5.41) is 2.67. The lowest BCUT2D eigenvalue weighted by atomic mass is 10.2. The molecule has 0 amide bonds. The second-order valence-electron chi connectivity index (χ2n) is 3.06. The molecule has 1 aromatic carbocycles. The van der Waals surface area contributed by atoms with E-state index >= 15 is 0 Å². The minimum atomic E-state index is -4.47. The summed E-state index contributed by atoms with van der Waals surface area (Å²) in [4.78, 5) is 0. The highest BCUT2D eigenvalue weighted by molar-refractivity contribution is 6.31. The average Bonchev–Trinajstić information content (AvgIpc) is 2.14. The van der Waals surface area contributed by atoms with Crippen LogP contribution in [0.25, 0.3) is 0 Å². The van der Waals surface area contributed by atoms with Gasteiger partial charge in [-0.2, -0.15) is 13.2 Å². The van der Waals surface area contributed by atoms with Crippen LogP contribution in [0.5, 0.6) is 0 Å². The molecule has 0 bridgehead atoms. The molecule has 0 atom stereocenters. The first-order valence-corrected chi connectivity index (χ1v) is 5.00. The molecule has 1 rings (SSSR count). The highest BCUT2D eigenvalue weighted by atomic mass is 35.5. The SMILES string of the molecule is C=C(Cl)CNc1ccc(Cl)c(C(F)(F)F)c1. The van der Waals surface area contributed by atoms with Crippen molar-refractivity contribution in [2.45, 2.75) is 6.18 Å². The van der Waals surface area contributed by atoms with Crippen molar-refractivity contribution in [3.8, 4) is 0 Å². The molecule has 16 heavy (non-hydrogen) atoms. The molecular weight excluding hydrogens is 262 g/mol. The van der Waals surface area contributed by atoms with Crippen molar-refractivity contribution >= 4 is 28.9 Å². The molecular formula is C10H8Cl2F3N. The summed E-state index contributed by atoms with van der Waals surface area (Å²) in [5.74, 6) is 0. The van der Waals surface area contributed by atoms with Gasteiger partial charge in [0.25, 0.3) is 0 Å². The Morgan fingerprint density at radius 2 is 2.00 bits per heavy atom. The molecule has 0 aliphatic rings. The molecule has 6 heteroatoms. The van der Waals surface area contributed by atoms with Gasteiger partial charge >= 0.3 is 6.18 Å². The third-order valence-electron chi connectivity index (χ3n) is 1.76. The first-order chi connectivity index (χ1) is 7.30. The fourth-order valence-electron chi connectivity index (χ4n) is 1.05. The summed E-state index contributed by atoms with van der Waals surface area (Å²) in [6.45, 7) is 3.61. The van der Waals surface area contributed by atoms with Gasteiger partial charge in [0, 0.05) is 10.7 Å². The van der Waals surface area contributed by atoms with Crippen LogP contribution in [0.2, 0.25) is 5.02 Å². The molecule has 0 saturated carbocycles. The van der Waals surface area contributed by atoms with Gasteiger partial charge in [-0.15, -0.1) is 0 Å². The number of hydrogen-bond acceptors (Lipinski definition) is 1. The molecule has 1 aromatic rings. The van der Waals surface area contributed by atoms with E-state index in [0.717, 1.165) is 6.07 Å². The number of nitrogens with one attached hydrogen (secondary N) is 1. The van der Waals surface area contributed by atoms with Crippen LogP contribution in [0, 0.1) is 0 Å². The summed E-state index contributed by atoms with van der Waals surface area (Å²) in [6, 6.07) is 3.56. The van der Waals surface area contributed by atoms with Crippen molar-refractivity contribution in [1.29, 1.82) is 0 Å². The van der Waals surface area contributed by atoms with Gasteiger partial charge in [-0.05, 0) is 18.2 Å². The molecule has 0 radical (unpaired) electrons. The predicted molar refractivity (Wildman–Crippen MR) is 59.9 cm³/mol. The van der Waals surface area contributed by atoms with Crippen LogP contribution < -0.4 is 5.32 Å². The zero-order chi connectivity index (χ0) is 12.3. The summed E-state index contributed by atoms with van der Waals surface area (Å²) >= 11 is 10.9. The van der Waals surface area contributed by atoms with Crippen LogP contribution in [0.3, 0.4) is 0 Å². The molecule has 0 saturated heterocycles. The van der Waals surface area contributed by atoms with Crippen molar-refractivity contribution in [2.75, 3.05) is 11.9 Å². The van der Waals surface area contributed by atoms with E-state index in [1.165, 1.54) is 12.1 Å². The third kappa shape index (κ3) is 3.61. The van der Waals surface area contributed by atoms with Crippen molar-refractivity contribution in [1.82, 2.24) is 0 Å². The van der Waals surface area contributed by atoms with E-state index in [1.54, 1.807) is 0 Å². The molecule has 0 heterocycles. The lowest BCUT2D eigenvalue weighted by Crippen LogP contribution is -2.08. The van der Waals surface area contributed by atoms with Crippen LogP contribution >= 0.6 is 23.2 Å². The van der Waals surface area contributed by atoms with Crippen LogP contribution in [0.1, 0.15) is 5.56 Å². The van der Waals surface area contributed by atoms with E-state index < -0.39 is 11.7 Å². The van der Waals surface area contributed by atoms with Crippen LogP contribution in [-0.4, -0.2) is 6.54 Å². The topological polar surface area (TPSA) is 12.0 Å². The Hall–Kier alpha value is -0.870. The summed E-state index contributed by atoms with van der Waals surface area (Å²) in [7, 11) is 0. The predicted octanol–water partition coefficient (Wildman–Crippen LogP) is 4.52. The zero-order valence-corrected chi connectivity index (χ0v) is 9.55. The Kier molecular flexibility index (Phi) is 4.10. The second kappa shape index (κ2) is 4.97. The van der Waals surface area contributed by atoms with Gasteiger partial charge in [0.2, 0.25) is 0 Å². The molecule has 0 aromatic heterocycles. The Labute approximate surface area is 101 Å². The van der Waals surface area contributed by atoms with Gasteiger partial charge in [0.15, 0.2) is 0 Å². The third-order valence-corrected chi connectivity index (χ3v) is 2.22. The number of benzene rings is 1. The van der Waals surface area contributed by atoms with Crippen molar-refractivity contribution in [3.63, 3.8) is 0 Å². The molecule has 0 fully saturated rings. The molecule has 0 unspecified atom stereocenters. The number of alkyl halides is 3. The van der Waals surface area contributed by atoms with Gasteiger partial charge in [0.1, 0.15) is 0 Å². The Bertz CT molecular complexity index is 402. The maximum Gasteiger partial charge on any atom is 0.417 e. The van der Waals surface area contributed by atoms with Crippen molar-refractivity contribution in [2.24, 2.45) is 0 Å². The average molecular weight is 270 g/mol. The van der Waals surface area contributed by atoms with Gasteiger partial charge in [-0.3, -0.25) is 0 Å². The number of halogens is 5. The Balaban J connectivity index is 2.94. The van der Waals surface area contributed by atoms with Gasteiger partial charge in [0.05, 0.1) is 17.1 Å². The molecule has 0 aliphatic carbocycles. The van der Waals surface area contributed by atoms with Crippen LogP contribution in [0.4, 0.5) is 18.9 Å². The number of anilines is 1. The largest absolute Gasteiger partial charge is 0.417 e. The van der Waals surface area contributed by atoms with Gasteiger partial charge in [-0.25, -0.2) is 0 Å². The van der Waals surface area contributed by atoms with E-state index in [4.69, 9.17) is 23.2 Å². The number of rotatable bonds is 3. The first-order valence-electron chi connectivity index (χ1n) is 4.24. The van der Waals surface area contributed by atoms with Crippen LogP contribution in [-0.2, 0) is 6.18 Å².